The summed E-state index contributed by atoms with van der Waals surface area (Å²) in [6, 6.07) is 8.30. The lowest BCUT2D eigenvalue weighted by Gasteiger charge is -2.39. The van der Waals surface area contributed by atoms with E-state index in [1.807, 2.05) is 0 Å². The van der Waals surface area contributed by atoms with Crippen molar-refractivity contribution in [3.05, 3.63) is 74.3 Å². The van der Waals surface area contributed by atoms with Gasteiger partial charge in [0, 0.05) is 91.0 Å². The second kappa shape index (κ2) is 18.9. The molecule has 0 spiro atoms. The number of anilines is 1. The predicted octanol–water partition coefficient (Wildman–Crippen LogP) is 2.99. The van der Waals surface area contributed by atoms with E-state index in [1.54, 1.807) is 0 Å². The minimum absolute atomic E-state index is 0.0569. The third kappa shape index (κ3) is 9.19. The molecule has 5 heterocycles. The number of amides is 1. The highest BCUT2D eigenvalue weighted by molar-refractivity contribution is 9.09. The number of benzene rings is 3. The van der Waals surface area contributed by atoms with Gasteiger partial charge in [-0.1, -0.05) is 22.0 Å². The largest absolute Gasteiger partial charge is 0.455 e. The first-order valence-electron chi connectivity index (χ1n) is 21.2. The van der Waals surface area contributed by atoms with E-state index in [9.17, 15) is 26.2 Å². The Morgan fingerprint density at radius 2 is 1.45 bits per heavy atom. The molecule has 0 radical (unpaired) electrons. The summed E-state index contributed by atoms with van der Waals surface area (Å²) in [4.78, 5) is 12.9. The van der Waals surface area contributed by atoms with Crippen LogP contribution in [-0.2, 0) is 64.8 Å². The smallest absolute Gasteiger partial charge is 0.295 e. The van der Waals surface area contributed by atoms with Crippen LogP contribution < -0.4 is 34.8 Å². The number of aryl methyl sites for hydroxylation is 2. The molecule has 0 aromatic heterocycles. The predicted molar refractivity (Wildman–Crippen MR) is 230 cm³/mol. The summed E-state index contributed by atoms with van der Waals surface area (Å²) in [5.74, 6) is 1.40. The van der Waals surface area contributed by atoms with Crippen LogP contribution in [-0.4, -0.2) is 112 Å². The molecule has 3 aromatic carbocycles. The van der Waals surface area contributed by atoms with E-state index in [0.29, 0.717) is 58.0 Å². The Hall–Kier alpha value is -3.42. The second-order valence-electron chi connectivity index (χ2n) is 15.9. The second-order valence-corrected chi connectivity index (χ2v) is 19.6. The highest BCUT2D eigenvalue weighted by Gasteiger charge is 2.37. The normalized spacial score (nSPS) is 16.7. The summed E-state index contributed by atoms with van der Waals surface area (Å²) in [5, 5.41) is 5.03. The van der Waals surface area contributed by atoms with Crippen LogP contribution in [0.2, 0.25) is 0 Å². The van der Waals surface area contributed by atoms with Gasteiger partial charge in [-0.3, -0.25) is 9.35 Å². The Labute approximate surface area is 360 Å². The van der Waals surface area contributed by atoms with Crippen LogP contribution in [0.25, 0.3) is 5.57 Å². The third-order valence-corrected chi connectivity index (χ3v) is 14.8. The van der Waals surface area contributed by atoms with Crippen molar-refractivity contribution >= 4 is 53.2 Å². The highest BCUT2D eigenvalue weighted by Crippen LogP contribution is 2.49. The van der Waals surface area contributed by atoms with Crippen molar-refractivity contribution in [2.75, 3.05) is 89.1 Å². The van der Waals surface area contributed by atoms with Gasteiger partial charge in [-0.2, -0.15) is 8.42 Å². The number of halogens is 1. The lowest BCUT2D eigenvalue weighted by molar-refractivity contribution is -0.118. The maximum atomic E-state index is 13.6. The van der Waals surface area contributed by atoms with E-state index in [2.05, 4.69) is 47.6 Å². The number of nitrogens with zero attached hydrogens (tertiary/aromatic N) is 2. The molecule has 60 heavy (non-hydrogen) atoms. The first-order valence-corrected chi connectivity index (χ1v) is 25.2. The molecule has 0 atom stereocenters. The Kier molecular flexibility index (Phi) is 13.6. The van der Waals surface area contributed by atoms with Crippen LogP contribution >= 0.6 is 15.9 Å². The minimum Gasteiger partial charge on any atom is -0.455 e. The number of alkyl halides is 1. The molecule has 0 saturated carbocycles. The van der Waals surface area contributed by atoms with E-state index in [1.165, 1.54) is 34.3 Å². The Morgan fingerprint density at radius 1 is 0.783 bits per heavy atom. The summed E-state index contributed by atoms with van der Waals surface area (Å²) in [7, 11) is -9.07. The van der Waals surface area contributed by atoms with Gasteiger partial charge in [0.25, 0.3) is 10.1 Å². The summed E-state index contributed by atoms with van der Waals surface area (Å²) >= 11 is 3.10. The zero-order chi connectivity index (χ0) is 41.9. The first kappa shape index (κ1) is 43.2. The summed E-state index contributed by atoms with van der Waals surface area (Å²) in [6.45, 7) is 6.85. The highest BCUT2D eigenvalue weighted by atomic mass is 79.9. The van der Waals surface area contributed by atoms with E-state index in [-0.39, 0.29) is 34.8 Å². The number of fused-ring (bicyclic) bond motifs is 4. The van der Waals surface area contributed by atoms with Gasteiger partial charge in [-0.25, -0.2) is 17.7 Å². The maximum absolute atomic E-state index is 13.6. The zero-order valence-corrected chi connectivity index (χ0v) is 37.1. The maximum Gasteiger partial charge on any atom is 0.295 e. The standard InChI is InChI=1S/C43H53BrN4O10S2/c44-28-38(49)45-13-5-19-55-21-23-57-24-22-56-20-6-14-46-59(50,51)31-11-12-32(37(27-31)60(52,53)54)39-35-25-29-7-1-15-47-17-3-9-33(40(29)47)42(35)58-43-34-10-4-18-48-16-2-8-30(41(34)48)26-36(39)43/h11-12,25-27,46H,1-10,13-24,28H2,(H-,45,49,52,53,54)/p+1. The van der Waals surface area contributed by atoms with Gasteiger partial charge in [0.2, 0.25) is 21.3 Å². The van der Waals surface area contributed by atoms with Crippen LogP contribution in [0, 0.1) is 0 Å². The van der Waals surface area contributed by atoms with Crippen molar-refractivity contribution in [1.29, 1.82) is 0 Å². The summed E-state index contributed by atoms with van der Waals surface area (Å²) in [6.07, 6.45) is 8.53. The zero-order valence-electron chi connectivity index (χ0n) is 33.9. The van der Waals surface area contributed by atoms with Crippen molar-refractivity contribution < 1.29 is 45.1 Å². The fourth-order valence-electron chi connectivity index (χ4n) is 9.35. The van der Waals surface area contributed by atoms with Crippen LogP contribution in [0.1, 0.15) is 71.9 Å². The van der Waals surface area contributed by atoms with E-state index >= 15 is 0 Å². The lowest BCUT2D eigenvalue weighted by Crippen LogP contribution is -2.45. The minimum atomic E-state index is -4.91. The molecule has 1 amide bonds. The number of rotatable bonds is 19. The molecule has 324 valence electrons. The number of carbonyl (C=O) groups excluding carboxylic acids is 1. The number of nitrogens with one attached hydrogen (secondary N) is 2. The van der Waals surface area contributed by atoms with E-state index in [4.69, 9.17) is 18.9 Å². The van der Waals surface area contributed by atoms with Gasteiger partial charge in [0.1, 0.15) is 29.5 Å². The molecule has 0 saturated heterocycles. The van der Waals surface area contributed by atoms with Crippen LogP contribution in [0.4, 0.5) is 5.69 Å². The average Bonchev–Trinajstić information content (AvgIpc) is 3.24. The lowest BCUT2D eigenvalue weighted by atomic mass is 9.82. The fourth-order valence-corrected chi connectivity index (χ4v) is 11.4. The molecule has 0 unspecified atom stereocenters. The molecule has 5 aliphatic heterocycles. The van der Waals surface area contributed by atoms with Crippen molar-refractivity contribution in [1.82, 2.24) is 14.6 Å². The van der Waals surface area contributed by atoms with Crippen LogP contribution in [0.5, 0.6) is 11.5 Å². The number of carbonyl (C=O) groups is 1. The summed E-state index contributed by atoms with van der Waals surface area (Å²) < 4.78 is 93.5. The molecule has 3 aromatic rings. The van der Waals surface area contributed by atoms with Crippen molar-refractivity contribution in [2.24, 2.45) is 0 Å². The molecule has 17 heteroatoms. The number of hydrogen-bond acceptors (Lipinski definition) is 10. The number of sulfonamides is 1. The van der Waals surface area contributed by atoms with Crippen molar-refractivity contribution in [2.45, 2.75) is 74.0 Å². The quantitative estimate of drug-likeness (QED) is 0.0547. The first-order chi connectivity index (χ1) is 29.0. The SMILES string of the molecule is O=C(CBr)NCCCOCCOCCOCCCNS(=O)(=O)c1ccc(C2=c3cc4c5c(c3Oc3c2cc2c6c3CCCN6CCC2)CCC[N+]=5CCC4)c(S(=O)(=O)O)c1. The van der Waals surface area contributed by atoms with Gasteiger partial charge in [0.15, 0.2) is 0 Å². The molecule has 5 aliphatic rings. The van der Waals surface area contributed by atoms with Gasteiger partial charge < -0.3 is 29.2 Å². The Morgan fingerprint density at radius 3 is 2.18 bits per heavy atom. The average molecular weight is 931 g/mol. The van der Waals surface area contributed by atoms with Gasteiger partial charge >= 0.3 is 0 Å². The van der Waals surface area contributed by atoms with E-state index < -0.39 is 25.0 Å². The van der Waals surface area contributed by atoms with Gasteiger partial charge in [-0.05, 0) is 81.2 Å². The monoisotopic (exact) mass is 929 g/mol. The third-order valence-electron chi connectivity index (χ3n) is 11.9. The molecule has 14 nitrogen and oxygen atoms in total. The molecule has 3 N–H and O–H groups in total. The molecule has 0 aliphatic carbocycles. The molecule has 8 rings (SSSR count). The van der Waals surface area contributed by atoms with Gasteiger partial charge in [-0.15, -0.1) is 0 Å². The molecule has 0 bridgehead atoms. The Bertz CT molecular complexity index is 2490. The van der Waals surface area contributed by atoms with Crippen molar-refractivity contribution in [3.63, 3.8) is 0 Å². The topological polar surface area (TPSA) is 173 Å². The molecule has 0 fully saturated rings. The molecular formula is C43H54BrN4O10S2+. The van der Waals surface area contributed by atoms with Crippen LogP contribution in [0.3, 0.4) is 0 Å². The number of ether oxygens (including phenoxy) is 4. The van der Waals surface area contributed by atoms with E-state index in [0.717, 1.165) is 117 Å². The molecular weight excluding hydrogens is 877 g/mol. The summed E-state index contributed by atoms with van der Waals surface area (Å²) in [5.41, 5.74) is 7.55. The Balaban J connectivity index is 1.01. The fraction of sp³-hybridized carbons (Fsp3) is 0.535. The van der Waals surface area contributed by atoms with Crippen LogP contribution in [0.15, 0.2) is 40.1 Å². The number of hydrogen-bond donors (Lipinski definition) is 3. The van der Waals surface area contributed by atoms with Crippen molar-refractivity contribution in [3.8, 4) is 11.5 Å². The van der Waals surface area contributed by atoms with Gasteiger partial charge in [0.05, 0.1) is 42.2 Å².